The third kappa shape index (κ3) is 10.1. The van der Waals surface area contributed by atoms with Gasteiger partial charge in [-0.15, -0.1) is 0 Å². The van der Waals surface area contributed by atoms with Gasteiger partial charge in [-0.3, -0.25) is 9.55 Å². The Labute approximate surface area is 486 Å². The molecule has 8 aromatic carbocycles. The number of hydrogen-bond donors (Lipinski definition) is 1. The zero-order valence-electron chi connectivity index (χ0n) is 50.9. The van der Waals surface area contributed by atoms with Gasteiger partial charge < -0.3 is 9.67 Å². The molecule has 0 aliphatic rings. The van der Waals surface area contributed by atoms with E-state index in [0.717, 1.165) is 94.4 Å². The van der Waals surface area contributed by atoms with Crippen LogP contribution in [0.4, 0.5) is 4.39 Å². The van der Waals surface area contributed by atoms with Crippen LogP contribution in [-0.4, -0.2) is 32.3 Å². The van der Waals surface area contributed by atoms with Gasteiger partial charge in [0, 0.05) is 44.9 Å². The van der Waals surface area contributed by atoms with Gasteiger partial charge in [0.25, 0.3) is 0 Å². The molecule has 5 nitrogen and oxygen atoms in total. The maximum atomic E-state index is 15.8. The second-order valence-corrected chi connectivity index (χ2v) is 32.6. The van der Waals surface area contributed by atoms with E-state index >= 15 is 4.39 Å². The van der Waals surface area contributed by atoms with Crippen molar-refractivity contribution in [2.24, 2.45) is 0 Å². The van der Waals surface area contributed by atoms with Crippen molar-refractivity contribution in [1.82, 2.24) is 19.1 Å². The highest BCUT2D eigenvalue weighted by molar-refractivity contribution is 6.88. The lowest BCUT2D eigenvalue weighted by Gasteiger charge is -2.28. The number of benzene rings is 8. The fourth-order valence-corrected chi connectivity index (χ4v) is 13.2. The van der Waals surface area contributed by atoms with Crippen LogP contribution in [0.15, 0.2) is 170 Å². The zero-order valence-corrected chi connectivity index (χ0v) is 51.9. The number of nitrogens with zero attached hydrogens (tertiary/aromatic N) is 4. The van der Waals surface area contributed by atoms with Crippen LogP contribution >= 0.6 is 0 Å². The van der Waals surface area contributed by atoms with Crippen molar-refractivity contribution < 1.29 is 9.50 Å². The van der Waals surface area contributed by atoms with E-state index in [9.17, 15) is 5.11 Å². The fraction of sp³-hybridized carbons (Fsp3) is 0.280. The Balaban J connectivity index is 1.17. The van der Waals surface area contributed by atoms with Gasteiger partial charge in [-0.1, -0.05) is 212 Å². The third-order valence-electron chi connectivity index (χ3n) is 16.7. The molecule has 0 unspecified atom stereocenters. The summed E-state index contributed by atoms with van der Waals surface area (Å²) in [7, 11) is -1.78. The number of aromatic hydroxyl groups is 1. The Morgan fingerprint density at radius 2 is 1.16 bits per heavy atom. The van der Waals surface area contributed by atoms with E-state index in [2.05, 4.69) is 264 Å². The summed E-state index contributed by atoms with van der Waals surface area (Å²) in [6.07, 6.45) is 1.89. The molecule has 0 radical (unpaired) electrons. The van der Waals surface area contributed by atoms with Crippen molar-refractivity contribution in [2.75, 3.05) is 0 Å². The highest BCUT2D eigenvalue weighted by atomic mass is 28.3. The largest absolute Gasteiger partial charge is 0.507 e. The number of fused-ring (bicyclic) bond motifs is 4. The summed E-state index contributed by atoms with van der Waals surface area (Å²) in [6.45, 7) is 36.2. The second kappa shape index (κ2) is 20.5. The van der Waals surface area contributed by atoms with E-state index in [4.69, 9.17) is 9.97 Å². The van der Waals surface area contributed by atoms with Gasteiger partial charge in [-0.05, 0) is 139 Å². The van der Waals surface area contributed by atoms with Crippen LogP contribution in [0, 0.1) is 5.82 Å². The van der Waals surface area contributed by atoms with Crippen molar-refractivity contribution >= 4 is 46.1 Å². The van der Waals surface area contributed by atoms with Gasteiger partial charge in [-0.2, -0.15) is 0 Å². The van der Waals surface area contributed by atoms with Gasteiger partial charge in [-0.25, -0.2) is 9.37 Å². The highest BCUT2D eigenvalue weighted by Gasteiger charge is 2.31. The van der Waals surface area contributed by atoms with Gasteiger partial charge in [0.05, 0.1) is 47.1 Å². The molecule has 0 saturated heterocycles. The highest BCUT2D eigenvalue weighted by Crippen LogP contribution is 2.47. The minimum atomic E-state index is -1.78. The maximum absolute atomic E-state index is 15.8. The minimum absolute atomic E-state index is 0.222. The van der Waals surface area contributed by atoms with Crippen molar-refractivity contribution in [3.63, 3.8) is 0 Å². The summed E-state index contributed by atoms with van der Waals surface area (Å²) in [4.78, 5) is 11.0. The number of phenolic OH excluding ortho intramolecular Hbond substituents is 1. The summed E-state index contributed by atoms with van der Waals surface area (Å²) in [5.74, 6) is 1.33. The number of halogens is 1. The Kier molecular flexibility index (Phi) is 14.0. The zero-order chi connectivity index (χ0) is 58.5. The van der Waals surface area contributed by atoms with E-state index in [1.54, 1.807) is 12.1 Å². The number of aromatic nitrogens is 4. The monoisotopic (exact) mass is 1100 g/mol. The molecule has 0 aliphatic heterocycles. The normalized spacial score (nSPS) is 12.7. The average Bonchev–Trinajstić information content (AvgIpc) is 4.21. The molecule has 82 heavy (non-hydrogen) atoms. The number of rotatable bonds is 10. The lowest BCUT2D eigenvalue weighted by molar-refractivity contribution is 0.446. The van der Waals surface area contributed by atoms with Crippen LogP contribution in [0.2, 0.25) is 19.6 Å². The number of para-hydroxylation sites is 1. The lowest BCUT2D eigenvalue weighted by atomic mass is 9.79. The maximum Gasteiger partial charge on any atom is 0.149 e. The molecule has 3 heterocycles. The predicted octanol–water partition coefficient (Wildman–Crippen LogP) is 20.4. The van der Waals surface area contributed by atoms with Gasteiger partial charge in [0.1, 0.15) is 17.4 Å². The Hall–Kier alpha value is -7.87. The van der Waals surface area contributed by atoms with Crippen LogP contribution in [0.25, 0.3) is 100 Å². The standard InChI is InChI=1S/C75H79FN4OSi/c1-45(2)56-24-20-25-57(46(3)4)67(56)48-28-31-54(32-29-48)79-64-34-30-53(76)43-60(64)68-65(79)36-37-77-69(68)50-38-49(39-51(40-50)73(5,6)7)58-26-21-27-66-70(58)78-72(61-41-52(74(8,9)10)42-62(71(61)81)75(11,12)13)80(66)63-35-33-55(82(14,15)16)44-59(63)47-22-18-17-19-23-47/h17-46,81H,1-16H3. The first-order valence-electron chi connectivity index (χ1n) is 29.3. The first kappa shape index (κ1) is 56.0. The quantitative estimate of drug-likeness (QED) is 0.139. The van der Waals surface area contributed by atoms with Gasteiger partial charge >= 0.3 is 0 Å². The molecule has 3 aromatic heterocycles. The molecule has 0 amide bonds. The molecule has 0 saturated carbocycles. The third-order valence-corrected chi connectivity index (χ3v) is 18.8. The van der Waals surface area contributed by atoms with E-state index in [1.165, 1.54) is 27.4 Å². The molecule has 0 atom stereocenters. The summed E-state index contributed by atoms with van der Waals surface area (Å²) in [6, 6.07) is 58.1. The van der Waals surface area contributed by atoms with Crippen LogP contribution in [0.3, 0.4) is 0 Å². The number of pyridine rings is 1. The predicted molar refractivity (Wildman–Crippen MR) is 349 cm³/mol. The second-order valence-electron chi connectivity index (χ2n) is 27.5. The Bertz CT molecular complexity index is 4240. The summed E-state index contributed by atoms with van der Waals surface area (Å²) in [5.41, 5.74) is 19.5. The first-order valence-corrected chi connectivity index (χ1v) is 32.8. The minimum Gasteiger partial charge on any atom is -0.507 e. The molecule has 11 rings (SSSR count). The van der Waals surface area contributed by atoms with Gasteiger partial charge in [0.2, 0.25) is 0 Å². The molecule has 416 valence electrons. The number of imidazole rings is 1. The lowest BCUT2D eigenvalue weighted by Crippen LogP contribution is -2.37. The molecule has 1 N–H and O–H groups in total. The van der Waals surface area contributed by atoms with Crippen molar-refractivity contribution in [3.8, 4) is 73.2 Å². The molecule has 0 bridgehead atoms. The van der Waals surface area contributed by atoms with E-state index in [1.807, 2.05) is 12.3 Å². The van der Waals surface area contributed by atoms with Crippen LogP contribution in [0.5, 0.6) is 5.75 Å². The topological polar surface area (TPSA) is 55.9 Å². The Morgan fingerprint density at radius 3 is 1.79 bits per heavy atom. The van der Waals surface area contributed by atoms with E-state index in [0.29, 0.717) is 23.2 Å². The van der Waals surface area contributed by atoms with Crippen molar-refractivity contribution in [3.05, 3.63) is 204 Å². The van der Waals surface area contributed by atoms with Crippen molar-refractivity contribution in [1.29, 1.82) is 0 Å². The molecular weight excluding hydrogens is 1020 g/mol. The summed E-state index contributed by atoms with van der Waals surface area (Å²) >= 11 is 0. The molecule has 0 spiro atoms. The molecule has 7 heteroatoms. The van der Waals surface area contributed by atoms with Crippen LogP contribution in [-0.2, 0) is 16.2 Å². The molecule has 11 aromatic rings. The molecular formula is C75H79FN4OSi. The van der Waals surface area contributed by atoms with Crippen LogP contribution in [0.1, 0.15) is 130 Å². The smallest absolute Gasteiger partial charge is 0.149 e. The Morgan fingerprint density at radius 1 is 0.512 bits per heavy atom. The van der Waals surface area contributed by atoms with E-state index < -0.39 is 8.07 Å². The summed E-state index contributed by atoms with van der Waals surface area (Å²) < 4.78 is 20.4. The van der Waals surface area contributed by atoms with Gasteiger partial charge in [0.15, 0.2) is 0 Å². The van der Waals surface area contributed by atoms with Crippen LogP contribution < -0.4 is 5.19 Å². The molecule has 0 aliphatic carbocycles. The SMILES string of the molecule is CC(C)c1cccc(C(C)C)c1-c1ccc(-n2c3ccc(F)cc3c3c(-c4cc(-c5cccc6c5nc(-c5cc(C(C)(C)C)cc(C(C)(C)C)c5O)n6-c5ccc([Si](C)(C)C)cc5-c5ccccc5)cc(C(C)(C)C)c4)nccc32)cc1. The fourth-order valence-electron chi connectivity index (χ4n) is 12.1. The first-order chi connectivity index (χ1) is 38.7. The number of phenols is 1. The van der Waals surface area contributed by atoms with E-state index in [-0.39, 0.29) is 27.8 Å². The van der Waals surface area contributed by atoms with Crippen molar-refractivity contribution in [2.45, 2.75) is 138 Å². The number of hydrogen-bond acceptors (Lipinski definition) is 3. The average molecular weight is 1100 g/mol. The summed E-state index contributed by atoms with van der Waals surface area (Å²) in [5, 5.41) is 15.8. The molecule has 0 fully saturated rings.